The van der Waals surface area contributed by atoms with E-state index in [-0.39, 0.29) is 6.67 Å². The molecular formula is C15H21FN6S. The number of fused-ring (bicyclic) bond motifs is 1. The lowest BCUT2D eigenvalue weighted by molar-refractivity contribution is 0.170. The summed E-state index contributed by atoms with van der Waals surface area (Å²) in [4.78, 5) is 8.58. The number of halogens is 1. The van der Waals surface area contributed by atoms with Gasteiger partial charge in [0.1, 0.15) is 12.4 Å². The van der Waals surface area contributed by atoms with Crippen molar-refractivity contribution in [3.8, 4) is 0 Å². The molecule has 0 spiro atoms. The van der Waals surface area contributed by atoms with E-state index in [1.165, 1.54) is 0 Å². The molecule has 2 aliphatic heterocycles. The summed E-state index contributed by atoms with van der Waals surface area (Å²) in [7, 11) is 0. The first kappa shape index (κ1) is 16.1. The molecule has 0 bridgehead atoms. The van der Waals surface area contributed by atoms with Gasteiger partial charge < -0.3 is 10.2 Å². The molecule has 0 unspecified atom stereocenters. The van der Waals surface area contributed by atoms with Gasteiger partial charge >= 0.3 is 0 Å². The van der Waals surface area contributed by atoms with Crippen LogP contribution in [0.25, 0.3) is 0 Å². The van der Waals surface area contributed by atoms with Crippen molar-refractivity contribution < 1.29 is 4.39 Å². The van der Waals surface area contributed by atoms with Crippen LogP contribution in [0.5, 0.6) is 0 Å². The fraction of sp³-hybridized carbons (Fsp3) is 0.533. The Labute approximate surface area is 140 Å². The number of nitrogens with one attached hydrogen (secondary N) is 2. The molecule has 6 nitrogen and oxygen atoms in total. The fourth-order valence-corrected chi connectivity index (χ4v) is 3.03. The molecule has 3 rings (SSSR count). The second-order valence-electron chi connectivity index (χ2n) is 5.57. The SMILES string of the molecule is FCCN1CCN(C(=S)N/N=C2/CCNc3cccnc32)CC1. The topological polar surface area (TPSA) is 55.8 Å². The normalized spacial score (nSPS) is 20.0. The highest BCUT2D eigenvalue weighted by Crippen LogP contribution is 2.18. The minimum absolute atomic E-state index is 0.295. The summed E-state index contributed by atoms with van der Waals surface area (Å²) < 4.78 is 12.4. The zero-order chi connectivity index (χ0) is 16.1. The van der Waals surface area contributed by atoms with Gasteiger partial charge in [-0.2, -0.15) is 5.10 Å². The molecule has 1 fully saturated rings. The Hall–Kier alpha value is -1.80. The van der Waals surface area contributed by atoms with Crippen LogP contribution < -0.4 is 10.7 Å². The summed E-state index contributed by atoms with van der Waals surface area (Å²) in [5.41, 5.74) is 5.79. The van der Waals surface area contributed by atoms with Crippen molar-refractivity contribution in [2.45, 2.75) is 6.42 Å². The lowest BCUT2D eigenvalue weighted by atomic mass is 10.1. The van der Waals surface area contributed by atoms with Crippen LogP contribution >= 0.6 is 12.2 Å². The van der Waals surface area contributed by atoms with E-state index in [4.69, 9.17) is 12.2 Å². The van der Waals surface area contributed by atoms with Crippen molar-refractivity contribution >= 4 is 28.7 Å². The maximum Gasteiger partial charge on any atom is 0.189 e. The molecule has 3 heterocycles. The fourth-order valence-electron chi connectivity index (χ4n) is 2.80. The van der Waals surface area contributed by atoms with E-state index in [0.717, 1.165) is 56.2 Å². The van der Waals surface area contributed by atoms with Crippen molar-refractivity contribution in [3.63, 3.8) is 0 Å². The molecule has 0 atom stereocenters. The highest BCUT2D eigenvalue weighted by Gasteiger charge is 2.19. The van der Waals surface area contributed by atoms with E-state index in [1.54, 1.807) is 6.20 Å². The monoisotopic (exact) mass is 336 g/mol. The number of nitrogens with zero attached hydrogens (tertiary/aromatic N) is 4. The number of hydrogen-bond donors (Lipinski definition) is 2. The number of pyridine rings is 1. The molecule has 2 N–H and O–H groups in total. The Bertz CT molecular complexity index is 585. The summed E-state index contributed by atoms with van der Waals surface area (Å²) in [5, 5.41) is 8.39. The van der Waals surface area contributed by atoms with Gasteiger partial charge in [-0.25, -0.2) is 4.39 Å². The van der Waals surface area contributed by atoms with E-state index in [9.17, 15) is 4.39 Å². The maximum absolute atomic E-state index is 12.4. The average molecular weight is 336 g/mol. The number of piperazine rings is 1. The van der Waals surface area contributed by atoms with Gasteiger partial charge in [-0.3, -0.25) is 15.3 Å². The summed E-state index contributed by atoms with van der Waals surface area (Å²) in [5.74, 6) is 0. The number of hydrazone groups is 1. The van der Waals surface area contributed by atoms with Crippen LogP contribution in [0.1, 0.15) is 12.1 Å². The predicted octanol–water partition coefficient (Wildman–Crippen LogP) is 1.06. The summed E-state index contributed by atoms with van der Waals surface area (Å²) in [6.07, 6.45) is 2.58. The first-order chi connectivity index (χ1) is 11.3. The average Bonchev–Trinajstić information content (AvgIpc) is 2.60. The number of hydrogen-bond acceptors (Lipinski definition) is 5. The van der Waals surface area contributed by atoms with Crippen LogP contribution in [-0.4, -0.2) is 71.6 Å². The largest absolute Gasteiger partial charge is 0.383 e. The van der Waals surface area contributed by atoms with Crippen LogP contribution in [-0.2, 0) is 0 Å². The minimum Gasteiger partial charge on any atom is -0.383 e. The molecule has 8 heteroatoms. The van der Waals surface area contributed by atoms with E-state index in [2.05, 4.69) is 30.6 Å². The van der Waals surface area contributed by atoms with Crippen molar-refractivity contribution in [3.05, 3.63) is 24.0 Å². The molecule has 0 amide bonds. The third-order valence-corrected chi connectivity index (χ3v) is 4.45. The van der Waals surface area contributed by atoms with E-state index >= 15 is 0 Å². The summed E-state index contributed by atoms with van der Waals surface area (Å²) >= 11 is 5.42. The quantitative estimate of drug-likeness (QED) is 0.636. The maximum atomic E-state index is 12.4. The summed E-state index contributed by atoms with van der Waals surface area (Å²) in [6, 6.07) is 3.91. The van der Waals surface area contributed by atoms with E-state index in [1.807, 2.05) is 12.1 Å². The Morgan fingerprint density at radius 1 is 1.39 bits per heavy atom. The molecule has 1 saturated heterocycles. The zero-order valence-electron chi connectivity index (χ0n) is 13.0. The highest BCUT2D eigenvalue weighted by molar-refractivity contribution is 7.80. The Morgan fingerprint density at radius 2 is 2.22 bits per heavy atom. The van der Waals surface area contributed by atoms with Gasteiger partial charge in [0, 0.05) is 51.9 Å². The second kappa shape index (κ2) is 7.65. The van der Waals surface area contributed by atoms with E-state index in [0.29, 0.717) is 11.7 Å². The van der Waals surface area contributed by atoms with Gasteiger partial charge in [-0.05, 0) is 24.4 Å². The smallest absolute Gasteiger partial charge is 0.189 e. The van der Waals surface area contributed by atoms with E-state index < -0.39 is 0 Å². The van der Waals surface area contributed by atoms with Crippen molar-refractivity contribution in [1.82, 2.24) is 20.2 Å². The molecule has 23 heavy (non-hydrogen) atoms. The molecule has 2 aliphatic rings. The Kier molecular flexibility index (Phi) is 5.35. The Morgan fingerprint density at radius 3 is 3.00 bits per heavy atom. The van der Waals surface area contributed by atoms with Gasteiger partial charge in [0.05, 0.1) is 11.4 Å². The molecular weight excluding hydrogens is 315 g/mol. The highest BCUT2D eigenvalue weighted by atomic mass is 32.1. The number of rotatable bonds is 3. The molecule has 124 valence electrons. The third kappa shape index (κ3) is 3.94. The standard InChI is InChI=1S/C15H21FN6S/c16-4-7-21-8-10-22(11-9-21)15(23)20-19-13-3-6-17-12-2-1-5-18-14(12)13/h1-2,5,17H,3-4,6-11H2,(H,20,23)/b19-13-. The van der Waals surface area contributed by atoms with Gasteiger partial charge in [0.15, 0.2) is 5.11 Å². The first-order valence-corrected chi connectivity index (χ1v) is 8.28. The van der Waals surface area contributed by atoms with Crippen molar-refractivity contribution in [2.24, 2.45) is 5.10 Å². The summed E-state index contributed by atoms with van der Waals surface area (Å²) in [6.45, 7) is 4.31. The third-order valence-electron chi connectivity index (χ3n) is 4.11. The molecule has 0 aliphatic carbocycles. The lowest BCUT2D eigenvalue weighted by Crippen LogP contribution is -2.51. The number of aromatic nitrogens is 1. The first-order valence-electron chi connectivity index (χ1n) is 7.87. The number of anilines is 1. The Balaban J connectivity index is 1.57. The molecule has 0 saturated carbocycles. The zero-order valence-corrected chi connectivity index (χ0v) is 13.8. The number of thiocarbonyl (C=S) groups is 1. The van der Waals surface area contributed by atoms with Gasteiger partial charge in [-0.15, -0.1) is 0 Å². The second-order valence-corrected chi connectivity index (χ2v) is 5.96. The van der Waals surface area contributed by atoms with Crippen LogP contribution in [0.4, 0.5) is 10.1 Å². The predicted molar refractivity (Wildman–Crippen MR) is 93.6 cm³/mol. The van der Waals surface area contributed by atoms with Crippen molar-refractivity contribution in [1.29, 1.82) is 0 Å². The van der Waals surface area contributed by atoms with Gasteiger partial charge in [-0.1, -0.05) is 0 Å². The molecule has 1 aromatic rings. The van der Waals surface area contributed by atoms with Gasteiger partial charge in [0.25, 0.3) is 0 Å². The molecule has 1 aromatic heterocycles. The van der Waals surface area contributed by atoms with Crippen LogP contribution in [0.15, 0.2) is 23.4 Å². The molecule has 0 aromatic carbocycles. The van der Waals surface area contributed by atoms with Crippen LogP contribution in [0, 0.1) is 0 Å². The molecule has 0 radical (unpaired) electrons. The minimum atomic E-state index is -0.295. The van der Waals surface area contributed by atoms with Gasteiger partial charge in [0.2, 0.25) is 0 Å². The number of alkyl halides is 1. The van der Waals surface area contributed by atoms with Crippen LogP contribution in [0.3, 0.4) is 0 Å². The van der Waals surface area contributed by atoms with Crippen molar-refractivity contribution in [2.75, 3.05) is 51.3 Å². The lowest BCUT2D eigenvalue weighted by Gasteiger charge is -2.35. The van der Waals surface area contributed by atoms with Crippen LogP contribution in [0.2, 0.25) is 0 Å².